The number of carbonyl (C=O) groups is 1. The molecule has 4 nitrogen and oxygen atoms in total. The van der Waals surface area contributed by atoms with Gasteiger partial charge in [0.25, 0.3) is 5.56 Å². The standard InChI is InChI=1S/C28H32N2O2S2/c1-4-5-6-7-8-12-17-30-22-18-20(2)15-16-24(22)33-28(30)26-27(32)29(3)25(34-26)19-23(31)21-13-10-9-11-14-21/h9-11,13-16,18-19H,4-8,12,17H2,1-3H3. The van der Waals surface area contributed by atoms with E-state index in [1.165, 1.54) is 59.6 Å². The molecule has 1 aliphatic rings. The van der Waals surface area contributed by atoms with Crippen molar-refractivity contribution >= 4 is 45.7 Å². The van der Waals surface area contributed by atoms with Gasteiger partial charge in [-0.3, -0.25) is 9.59 Å². The van der Waals surface area contributed by atoms with E-state index in [1.807, 2.05) is 18.2 Å². The highest BCUT2D eigenvalue weighted by Gasteiger charge is 2.27. The molecule has 0 amide bonds. The highest BCUT2D eigenvalue weighted by molar-refractivity contribution is 8.08. The number of unbranched alkanes of at least 4 members (excludes halogenated alkanes) is 5. The van der Waals surface area contributed by atoms with Gasteiger partial charge in [0.05, 0.1) is 5.69 Å². The van der Waals surface area contributed by atoms with Crippen molar-refractivity contribution < 1.29 is 4.79 Å². The summed E-state index contributed by atoms with van der Waals surface area (Å²) in [6.07, 6.45) is 8.97. The van der Waals surface area contributed by atoms with Gasteiger partial charge in [-0.1, -0.05) is 87.2 Å². The lowest BCUT2D eigenvalue weighted by Gasteiger charge is -2.20. The van der Waals surface area contributed by atoms with Gasteiger partial charge in [-0.25, -0.2) is 0 Å². The molecule has 0 radical (unpaired) electrons. The lowest BCUT2D eigenvalue weighted by Crippen LogP contribution is -2.33. The summed E-state index contributed by atoms with van der Waals surface area (Å²) in [7, 11) is 1.75. The van der Waals surface area contributed by atoms with Gasteiger partial charge in [-0.05, 0) is 31.0 Å². The highest BCUT2D eigenvalue weighted by Crippen LogP contribution is 2.46. The Bertz CT molecular complexity index is 1340. The average Bonchev–Trinajstić information content (AvgIpc) is 3.33. The molecule has 4 rings (SSSR count). The van der Waals surface area contributed by atoms with Gasteiger partial charge in [-0.2, -0.15) is 0 Å². The van der Waals surface area contributed by atoms with E-state index >= 15 is 0 Å². The van der Waals surface area contributed by atoms with E-state index in [2.05, 4.69) is 36.9 Å². The van der Waals surface area contributed by atoms with Crippen LogP contribution >= 0.6 is 23.1 Å². The molecule has 0 bridgehead atoms. The van der Waals surface area contributed by atoms with Gasteiger partial charge in [0.1, 0.15) is 14.2 Å². The molecule has 0 spiro atoms. The molecule has 0 saturated heterocycles. The molecule has 0 aliphatic carbocycles. The molecular formula is C28H32N2O2S2. The second kappa shape index (κ2) is 11.2. The highest BCUT2D eigenvalue weighted by atomic mass is 32.2. The third kappa shape index (κ3) is 5.39. The molecule has 0 atom stereocenters. The normalized spacial score (nSPS) is 15.1. The van der Waals surface area contributed by atoms with E-state index in [1.54, 1.807) is 41.6 Å². The minimum atomic E-state index is -0.0871. The molecule has 2 aromatic carbocycles. The van der Waals surface area contributed by atoms with Crippen LogP contribution in [0.4, 0.5) is 5.69 Å². The second-order valence-electron chi connectivity index (χ2n) is 8.81. The van der Waals surface area contributed by atoms with Crippen LogP contribution in [0, 0.1) is 6.92 Å². The SMILES string of the molecule is CCCCCCCCN1C(=c2sc(=CC(=O)c3ccccc3)n(C)c2=O)Sc2ccc(C)cc21. The summed E-state index contributed by atoms with van der Waals surface area (Å²) >= 11 is 3.08. The van der Waals surface area contributed by atoms with E-state index in [4.69, 9.17) is 0 Å². The molecule has 1 aromatic heterocycles. The molecule has 34 heavy (non-hydrogen) atoms. The largest absolute Gasteiger partial charge is 0.334 e. The molecule has 0 fully saturated rings. The van der Waals surface area contributed by atoms with Crippen LogP contribution in [0.15, 0.2) is 58.2 Å². The van der Waals surface area contributed by atoms with Gasteiger partial charge in [0, 0.05) is 30.1 Å². The molecule has 178 valence electrons. The summed E-state index contributed by atoms with van der Waals surface area (Å²) in [4.78, 5) is 29.5. The number of nitrogens with zero attached hydrogens (tertiary/aromatic N) is 2. The first-order valence-electron chi connectivity index (χ1n) is 12.1. The van der Waals surface area contributed by atoms with Crippen molar-refractivity contribution in [1.82, 2.24) is 4.57 Å². The maximum Gasteiger partial charge on any atom is 0.271 e. The van der Waals surface area contributed by atoms with Gasteiger partial charge in [-0.15, -0.1) is 11.3 Å². The molecule has 2 heterocycles. The fourth-order valence-electron chi connectivity index (χ4n) is 4.16. The number of hydrogen-bond acceptors (Lipinski definition) is 5. The summed E-state index contributed by atoms with van der Waals surface area (Å²) in [5.41, 5.74) is 2.99. The van der Waals surface area contributed by atoms with Crippen LogP contribution in [0.25, 0.3) is 11.1 Å². The smallest absolute Gasteiger partial charge is 0.271 e. The van der Waals surface area contributed by atoms with Crippen molar-refractivity contribution in [2.75, 3.05) is 11.4 Å². The lowest BCUT2D eigenvalue weighted by molar-refractivity contribution is 0.106. The van der Waals surface area contributed by atoms with E-state index in [0.29, 0.717) is 14.8 Å². The number of ketones is 1. The fraction of sp³-hybridized carbons (Fsp3) is 0.357. The quantitative estimate of drug-likeness (QED) is 0.294. The predicted molar refractivity (Wildman–Crippen MR) is 145 cm³/mol. The van der Waals surface area contributed by atoms with Gasteiger partial charge >= 0.3 is 0 Å². The number of Topliss-reactive ketones (excluding diaryl/α,β-unsaturated/α-hetero) is 1. The summed E-state index contributed by atoms with van der Waals surface area (Å²) in [5, 5.41) is 0.992. The first kappa shape index (κ1) is 24.6. The molecule has 6 heteroatoms. The third-order valence-electron chi connectivity index (χ3n) is 6.14. The Balaban J connectivity index is 1.70. The zero-order chi connectivity index (χ0) is 24.1. The van der Waals surface area contributed by atoms with Crippen LogP contribution in [0.2, 0.25) is 0 Å². The number of thioether (sulfide) groups is 1. The summed E-state index contributed by atoms with van der Waals surface area (Å²) in [5.74, 6) is -0.0871. The van der Waals surface area contributed by atoms with Crippen molar-refractivity contribution in [1.29, 1.82) is 0 Å². The fourth-order valence-corrected chi connectivity index (χ4v) is 6.53. The number of thiazole rings is 1. The first-order valence-corrected chi connectivity index (χ1v) is 13.7. The van der Waals surface area contributed by atoms with Crippen molar-refractivity contribution in [3.63, 3.8) is 0 Å². The number of anilines is 1. The minimum Gasteiger partial charge on any atom is -0.334 e. The van der Waals surface area contributed by atoms with Crippen LogP contribution in [0.1, 0.15) is 61.4 Å². The number of aromatic nitrogens is 1. The van der Waals surface area contributed by atoms with Crippen molar-refractivity contribution in [2.24, 2.45) is 7.05 Å². The number of aryl methyl sites for hydroxylation is 1. The van der Waals surface area contributed by atoms with Crippen LogP contribution < -0.4 is 19.7 Å². The summed E-state index contributed by atoms with van der Waals surface area (Å²) in [6, 6.07) is 15.7. The predicted octanol–water partition coefficient (Wildman–Crippen LogP) is 5.46. The van der Waals surface area contributed by atoms with Crippen LogP contribution in [-0.2, 0) is 7.05 Å². The molecule has 3 aromatic rings. The number of fused-ring (bicyclic) bond motifs is 1. The molecule has 0 unspecified atom stereocenters. The first-order chi connectivity index (χ1) is 16.5. The van der Waals surface area contributed by atoms with Gasteiger partial charge < -0.3 is 9.47 Å². The van der Waals surface area contributed by atoms with Gasteiger partial charge in [0.2, 0.25) is 0 Å². The summed E-state index contributed by atoms with van der Waals surface area (Å²) in [6.45, 7) is 5.24. The van der Waals surface area contributed by atoms with Crippen molar-refractivity contribution in [3.8, 4) is 0 Å². The molecular weight excluding hydrogens is 460 g/mol. The maximum atomic E-state index is 13.3. The molecule has 0 saturated carbocycles. The Hall–Kier alpha value is -2.57. The van der Waals surface area contributed by atoms with Gasteiger partial charge in [0.15, 0.2) is 5.78 Å². The lowest BCUT2D eigenvalue weighted by atomic mass is 10.1. The van der Waals surface area contributed by atoms with E-state index < -0.39 is 0 Å². The minimum absolute atomic E-state index is 0.0444. The number of hydrogen-bond donors (Lipinski definition) is 0. The maximum absolute atomic E-state index is 13.3. The van der Waals surface area contributed by atoms with Crippen molar-refractivity contribution in [2.45, 2.75) is 57.3 Å². The zero-order valence-corrected chi connectivity index (χ0v) is 21.8. The Labute approximate surface area is 209 Å². The third-order valence-corrected chi connectivity index (χ3v) is 8.62. The van der Waals surface area contributed by atoms with Crippen LogP contribution in [0.5, 0.6) is 0 Å². The summed E-state index contributed by atoms with van der Waals surface area (Å²) < 4.78 is 2.99. The monoisotopic (exact) mass is 492 g/mol. The van der Waals surface area contributed by atoms with E-state index in [9.17, 15) is 9.59 Å². The molecule has 1 aliphatic heterocycles. The number of benzene rings is 2. The van der Waals surface area contributed by atoms with E-state index in [-0.39, 0.29) is 11.3 Å². The topological polar surface area (TPSA) is 42.3 Å². The van der Waals surface area contributed by atoms with Crippen molar-refractivity contribution in [3.05, 3.63) is 79.2 Å². The average molecular weight is 493 g/mol. The Morgan fingerprint density at radius 1 is 1.00 bits per heavy atom. The van der Waals surface area contributed by atoms with E-state index in [0.717, 1.165) is 18.0 Å². The molecule has 0 N–H and O–H groups in total. The number of rotatable bonds is 9. The number of carbonyl (C=O) groups excluding carboxylic acids is 1. The second-order valence-corrected chi connectivity index (χ2v) is 10.9. The van der Waals surface area contributed by atoms with Crippen LogP contribution in [0.3, 0.4) is 0 Å². The van der Waals surface area contributed by atoms with Crippen LogP contribution in [-0.4, -0.2) is 16.9 Å². The zero-order valence-electron chi connectivity index (χ0n) is 20.2. The Morgan fingerprint density at radius 3 is 2.50 bits per heavy atom. The Morgan fingerprint density at radius 2 is 1.74 bits per heavy atom. The Kier molecular flexibility index (Phi) is 8.11.